The summed E-state index contributed by atoms with van der Waals surface area (Å²) >= 11 is 0. The van der Waals surface area contributed by atoms with Gasteiger partial charge in [-0.25, -0.2) is 0 Å². The third kappa shape index (κ3) is 2.91. The van der Waals surface area contributed by atoms with Crippen LogP contribution in [0.25, 0.3) is 0 Å². The van der Waals surface area contributed by atoms with Crippen LogP contribution in [0.4, 0.5) is 18.9 Å². The van der Waals surface area contributed by atoms with E-state index >= 15 is 0 Å². The molecule has 0 radical (unpaired) electrons. The summed E-state index contributed by atoms with van der Waals surface area (Å²) < 4.78 is 38.6. The molecule has 3 nitrogen and oxygen atoms in total. The topological polar surface area (TPSA) is 50.4 Å². The first-order valence-electron chi connectivity index (χ1n) is 7.66. The van der Waals surface area contributed by atoms with Gasteiger partial charge in [-0.2, -0.15) is 13.2 Å². The Hall–Kier alpha value is -1.72. The first-order valence-corrected chi connectivity index (χ1v) is 7.66. The molecule has 3 N–H and O–H groups in total. The first kappa shape index (κ1) is 15.2. The minimum atomic E-state index is -4.19. The molecule has 0 aliphatic heterocycles. The summed E-state index contributed by atoms with van der Waals surface area (Å²) in [5.74, 6) is 0.0644. The lowest BCUT2D eigenvalue weighted by Gasteiger charge is -2.20. The fraction of sp³-hybridized carbons (Fsp3) is 0.562. The number of fused-ring (bicyclic) bond motifs is 1. The highest BCUT2D eigenvalue weighted by molar-refractivity contribution is 5.93. The summed E-state index contributed by atoms with van der Waals surface area (Å²) in [6.45, 7) is -0.287. The van der Waals surface area contributed by atoms with Crippen LogP contribution in [-0.2, 0) is 12.8 Å². The maximum atomic E-state index is 12.9. The van der Waals surface area contributed by atoms with Crippen molar-refractivity contribution in [2.75, 3.05) is 11.9 Å². The summed E-state index contributed by atoms with van der Waals surface area (Å²) in [6.07, 6.45) is 0.413. The highest BCUT2D eigenvalue weighted by Crippen LogP contribution is 2.57. The minimum Gasteiger partial charge on any atom is -0.370 e. The Morgan fingerprint density at radius 2 is 1.95 bits per heavy atom. The van der Waals surface area contributed by atoms with Gasteiger partial charge in [0.2, 0.25) is 0 Å². The molecule has 1 saturated carbocycles. The molecule has 0 heterocycles. The number of alkyl halides is 3. The summed E-state index contributed by atoms with van der Waals surface area (Å²) in [4.78, 5) is 3.93. The van der Waals surface area contributed by atoms with E-state index in [1.807, 2.05) is 12.1 Å². The number of guanidine groups is 1. The maximum absolute atomic E-state index is 12.9. The number of aliphatic imine (C=N–C) groups is 1. The summed E-state index contributed by atoms with van der Waals surface area (Å²) in [5.41, 5.74) is 7.52. The zero-order valence-corrected chi connectivity index (χ0v) is 12.3. The van der Waals surface area contributed by atoms with Gasteiger partial charge in [-0.3, -0.25) is 4.99 Å². The second kappa shape index (κ2) is 5.48. The second-order valence-electron chi connectivity index (χ2n) is 6.25. The van der Waals surface area contributed by atoms with Gasteiger partial charge in [0.15, 0.2) is 5.96 Å². The van der Waals surface area contributed by atoms with Crippen LogP contribution in [0.3, 0.4) is 0 Å². The molecule has 0 saturated heterocycles. The molecule has 22 heavy (non-hydrogen) atoms. The number of benzene rings is 1. The molecule has 1 fully saturated rings. The number of anilines is 1. The standard InChI is InChI=1S/C16H20F3N3/c17-16(18,19)15(8-9-15)10-21-14(20)22-13-7-3-5-11-4-1-2-6-12(11)13/h3,5,7H,1-2,4,6,8-10H2,(H3,20,21,22). The quantitative estimate of drug-likeness (QED) is 0.661. The molecule has 0 bridgehead atoms. The van der Waals surface area contributed by atoms with Crippen LogP contribution >= 0.6 is 0 Å². The number of aryl methyl sites for hydroxylation is 1. The molecule has 3 rings (SSSR count). The van der Waals surface area contributed by atoms with E-state index in [2.05, 4.69) is 16.4 Å². The Bertz CT molecular complexity index is 589. The van der Waals surface area contributed by atoms with E-state index in [0.717, 1.165) is 24.9 Å². The number of nitrogens with one attached hydrogen (secondary N) is 1. The van der Waals surface area contributed by atoms with E-state index in [1.165, 1.54) is 17.5 Å². The van der Waals surface area contributed by atoms with Crippen LogP contribution in [0.5, 0.6) is 0 Å². The van der Waals surface area contributed by atoms with E-state index in [4.69, 9.17) is 5.73 Å². The van der Waals surface area contributed by atoms with Gasteiger partial charge in [-0.15, -0.1) is 0 Å². The van der Waals surface area contributed by atoms with Gasteiger partial charge >= 0.3 is 6.18 Å². The van der Waals surface area contributed by atoms with Gasteiger partial charge in [0.25, 0.3) is 0 Å². The van der Waals surface area contributed by atoms with Crippen LogP contribution in [0, 0.1) is 5.41 Å². The van der Waals surface area contributed by atoms with Crippen molar-refractivity contribution in [3.05, 3.63) is 29.3 Å². The van der Waals surface area contributed by atoms with Crippen molar-refractivity contribution < 1.29 is 13.2 Å². The average Bonchev–Trinajstić information content (AvgIpc) is 3.26. The third-order valence-electron chi connectivity index (χ3n) is 4.67. The number of nitrogens with two attached hydrogens (primary N) is 1. The van der Waals surface area contributed by atoms with E-state index in [1.54, 1.807) is 0 Å². The lowest BCUT2D eigenvalue weighted by Crippen LogP contribution is -2.30. The molecule has 0 unspecified atom stereocenters. The normalized spacial score (nSPS) is 20.4. The summed E-state index contributed by atoms with van der Waals surface area (Å²) in [5, 5.41) is 2.98. The minimum absolute atomic E-state index is 0.0644. The largest absolute Gasteiger partial charge is 0.396 e. The molecule has 1 aromatic carbocycles. The van der Waals surface area contributed by atoms with Crippen LogP contribution in [0.1, 0.15) is 36.8 Å². The van der Waals surface area contributed by atoms with Gasteiger partial charge in [0, 0.05) is 5.69 Å². The maximum Gasteiger partial charge on any atom is 0.396 e. The summed E-state index contributed by atoms with van der Waals surface area (Å²) in [7, 11) is 0. The van der Waals surface area contributed by atoms with Crippen molar-refractivity contribution in [1.29, 1.82) is 0 Å². The molecule has 2 aliphatic carbocycles. The smallest absolute Gasteiger partial charge is 0.370 e. The zero-order chi connectivity index (χ0) is 15.8. The molecule has 0 amide bonds. The van der Waals surface area contributed by atoms with Gasteiger partial charge < -0.3 is 11.1 Å². The lowest BCUT2D eigenvalue weighted by atomic mass is 9.90. The SMILES string of the molecule is NC(=NCC1(C(F)(F)F)CC1)Nc1cccc2c1CCCC2. The van der Waals surface area contributed by atoms with Gasteiger partial charge in [0.1, 0.15) is 0 Å². The van der Waals surface area contributed by atoms with E-state index < -0.39 is 11.6 Å². The average molecular weight is 311 g/mol. The number of rotatable bonds is 3. The van der Waals surface area contributed by atoms with Crippen molar-refractivity contribution in [2.45, 2.75) is 44.7 Å². The molecule has 1 aromatic rings. The number of hydrogen-bond acceptors (Lipinski definition) is 1. The summed E-state index contributed by atoms with van der Waals surface area (Å²) in [6, 6.07) is 5.94. The molecule has 2 aliphatic rings. The van der Waals surface area contributed by atoms with Crippen LogP contribution in [0.15, 0.2) is 23.2 Å². The highest BCUT2D eigenvalue weighted by Gasteiger charge is 2.63. The van der Waals surface area contributed by atoms with Crippen molar-refractivity contribution in [2.24, 2.45) is 16.1 Å². The Kier molecular flexibility index (Phi) is 3.78. The van der Waals surface area contributed by atoms with Gasteiger partial charge in [0.05, 0.1) is 12.0 Å². The monoisotopic (exact) mass is 311 g/mol. The molecular weight excluding hydrogens is 291 g/mol. The van der Waals surface area contributed by atoms with Crippen molar-refractivity contribution in [3.63, 3.8) is 0 Å². The molecule has 0 spiro atoms. The molecule has 0 aromatic heterocycles. The third-order valence-corrected chi connectivity index (χ3v) is 4.67. The number of hydrogen-bond donors (Lipinski definition) is 2. The lowest BCUT2D eigenvalue weighted by molar-refractivity contribution is -0.183. The van der Waals surface area contributed by atoms with Gasteiger partial charge in [-0.1, -0.05) is 12.1 Å². The second-order valence-corrected chi connectivity index (χ2v) is 6.25. The molecule has 0 atom stereocenters. The highest BCUT2D eigenvalue weighted by atomic mass is 19.4. The van der Waals surface area contributed by atoms with E-state index in [-0.39, 0.29) is 25.3 Å². The van der Waals surface area contributed by atoms with Crippen LogP contribution < -0.4 is 11.1 Å². The van der Waals surface area contributed by atoms with Gasteiger partial charge in [-0.05, 0) is 55.7 Å². The first-order chi connectivity index (χ1) is 10.4. The van der Waals surface area contributed by atoms with Crippen LogP contribution in [0.2, 0.25) is 0 Å². The van der Waals surface area contributed by atoms with Crippen LogP contribution in [-0.4, -0.2) is 18.7 Å². The Balaban J connectivity index is 1.70. The van der Waals surface area contributed by atoms with Crippen molar-refractivity contribution >= 4 is 11.6 Å². The Morgan fingerprint density at radius 3 is 2.64 bits per heavy atom. The number of nitrogens with zero attached hydrogens (tertiary/aromatic N) is 1. The fourth-order valence-electron chi connectivity index (χ4n) is 2.99. The molecule has 6 heteroatoms. The number of halogens is 3. The predicted octanol–water partition coefficient (Wildman–Crippen LogP) is 3.63. The Labute approximate surface area is 127 Å². The van der Waals surface area contributed by atoms with Crippen molar-refractivity contribution in [1.82, 2.24) is 0 Å². The zero-order valence-electron chi connectivity index (χ0n) is 12.3. The molecular formula is C16H20F3N3. The fourth-order valence-corrected chi connectivity index (χ4v) is 2.99. The van der Waals surface area contributed by atoms with E-state index in [0.29, 0.717) is 0 Å². The van der Waals surface area contributed by atoms with Crippen molar-refractivity contribution in [3.8, 4) is 0 Å². The predicted molar refractivity (Wildman–Crippen MR) is 80.9 cm³/mol. The molecule has 120 valence electrons. The van der Waals surface area contributed by atoms with E-state index in [9.17, 15) is 13.2 Å². The Morgan fingerprint density at radius 1 is 1.23 bits per heavy atom.